The van der Waals surface area contributed by atoms with Gasteiger partial charge < -0.3 is 9.32 Å². The molecule has 1 N–H and O–H groups in total. The highest BCUT2D eigenvalue weighted by molar-refractivity contribution is 6.48. The number of benzene rings is 2. The van der Waals surface area contributed by atoms with E-state index in [2.05, 4.69) is 21.3 Å². The molecule has 6 rings (SSSR count). The van der Waals surface area contributed by atoms with Gasteiger partial charge in [-0.25, -0.2) is 0 Å². The lowest BCUT2D eigenvalue weighted by atomic mass is 9.92. The van der Waals surface area contributed by atoms with Crippen molar-refractivity contribution in [3.05, 3.63) is 83.4 Å². The Morgan fingerprint density at radius 2 is 1.79 bits per heavy atom. The van der Waals surface area contributed by atoms with E-state index in [-0.39, 0.29) is 5.57 Å². The van der Waals surface area contributed by atoms with E-state index in [0.29, 0.717) is 22.4 Å². The van der Waals surface area contributed by atoms with Gasteiger partial charge in [-0.1, -0.05) is 36.4 Å². The van der Waals surface area contributed by atoms with Crippen LogP contribution in [-0.4, -0.2) is 24.1 Å². The first-order valence-corrected chi connectivity index (χ1v) is 9.42. The molecule has 2 aromatic carbocycles. The van der Waals surface area contributed by atoms with Crippen LogP contribution in [0.25, 0.3) is 16.5 Å². The quantitative estimate of drug-likeness (QED) is 0.692. The highest BCUT2D eigenvalue weighted by Crippen LogP contribution is 2.38. The molecule has 0 fully saturated rings. The van der Waals surface area contributed by atoms with Crippen LogP contribution in [0.2, 0.25) is 0 Å². The van der Waals surface area contributed by atoms with E-state index >= 15 is 0 Å². The minimum absolute atomic E-state index is 0.283. The van der Waals surface area contributed by atoms with Gasteiger partial charge in [-0.15, -0.1) is 0 Å². The second kappa shape index (κ2) is 5.78. The van der Waals surface area contributed by atoms with Gasteiger partial charge in [-0.2, -0.15) is 0 Å². The summed E-state index contributed by atoms with van der Waals surface area (Å²) < 4.78 is 5.63. The maximum atomic E-state index is 12.9. The third-order valence-corrected chi connectivity index (χ3v) is 5.65. The fourth-order valence-electron chi connectivity index (χ4n) is 4.41. The molecule has 0 bridgehead atoms. The Balaban J connectivity index is 1.66. The van der Waals surface area contributed by atoms with Crippen molar-refractivity contribution in [2.45, 2.75) is 6.42 Å². The SMILES string of the molecule is O=C1NC(=O)C(c2cccc3ccoc23)=C1C1=NC=CN2CCc3cccc1c32. The number of amides is 2. The largest absolute Gasteiger partial charge is 0.464 e. The molecule has 0 unspecified atom stereocenters. The molecule has 2 amide bonds. The van der Waals surface area contributed by atoms with Gasteiger partial charge in [-0.05, 0) is 18.1 Å². The van der Waals surface area contributed by atoms with E-state index in [9.17, 15) is 9.59 Å². The average Bonchev–Trinajstić information content (AvgIpc) is 3.39. The summed E-state index contributed by atoms with van der Waals surface area (Å²) in [4.78, 5) is 32.5. The molecule has 6 nitrogen and oxygen atoms in total. The summed E-state index contributed by atoms with van der Waals surface area (Å²) in [7, 11) is 0. The number of para-hydroxylation sites is 2. The summed E-state index contributed by atoms with van der Waals surface area (Å²) in [5.41, 5.74) is 5.37. The number of fused-ring (bicyclic) bond motifs is 1. The molecule has 0 saturated carbocycles. The second-order valence-corrected chi connectivity index (χ2v) is 7.21. The molecule has 0 radical (unpaired) electrons. The van der Waals surface area contributed by atoms with Crippen LogP contribution in [0.5, 0.6) is 0 Å². The van der Waals surface area contributed by atoms with Crippen LogP contribution in [0, 0.1) is 0 Å². The number of hydrogen-bond donors (Lipinski definition) is 1. The van der Waals surface area contributed by atoms with E-state index in [0.717, 1.165) is 29.6 Å². The number of nitrogens with zero attached hydrogens (tertiary/aromatic N) is 2. The van der Waals surface area contributed by atoms with Crippen molar-refractivity contribution in [3.8, 4) is 0 Å². The molecule has 0 aliphatic carbocycles. The van der Waals surface area contributed by atoms with Crippen molar-refractivity contribution in [3.63, 3.8) is 0 Å². The highest BCUT2D eigenvalue weighted by Gasteiger charge is 2.38. The summed E-state index contributed by atoms with van der Waals surface area (Å²) in [5.74, 6) is -0.876. The molecule has 140 valence electrons. The monoisotopic (exact) mass is 381 g/mol. The third-order valence-electron chi connectivity index (χ3n) is 5.65. The molecule has 0 saturated heterocycles. The Morgan fingerprint density at radius 1 is 0.966 bits per heavy atom. The molecule has 4 heterocycles. The Morgan fingerprint density at radius 3 is 2.72 bits per heavy atom. The zero-order chi connectivity index (χ0) is 19.5. The average molecular weight is 381 g/mol. The lowest BCUT2D eigenvalue weighted by Gasteiger charge is -2.17. The topological polar surface area (TPSA) is 74.9 Å². The van der Waals surface area contributed by atoms with E-state index in [1.807, 2.05) is 36.5 Å². The number of furan rings is 1. The van der Waals surface area contributed by atoms with E-state index < -0.39 is 11.8 Å². The van der Waals surface area contributed by atoms with E-state index in [4.69, 9.17) is 4.42 Å². The Hall–Kier alpha value is -3.93. The van der Waals surface area contributed by atoms with Crippen LogP contribution < -0.4 is 10.2 Å². The van der Waals surface area contributed by atoms with Crippen molar-refractivity contribution in [1.29, 1.82) is 0 Å². The normalized spacial score (nSPS) is 17.7. The van der Waals surface area contributed by atoms with Gasteiger partial charge >= 0.3 is 0 Å². The number of hydrogen-bond acceptors (Lipinski definition) is 5. The summed E-state index contributed by atoms with van der Waals surface area (Å²) in [6.45, 7) is 0.869. The van der Waals surface area contributed by atoms with Crippen LogP contribution in [0.15, 0.2) is 76.1 Å². The van der Waals surface area contributed by atoms with E-state index in [1.165, 1.54) is 5.56 Å². The molecule has 6 heteroatoms. The summed E-state index contributed by atoms with van der Waals surface area (Å²) in [5, 5.41) is 3.32. The molecule has 3 aromatic rings. The number of nitrogens with one attached hydrogen (secondary N) is 1. The van der Waals surface area contributed by atoms with Crippen LogP contribution in [0.3, 0.4) is 0 Å². The minimum atomic E-state index is -0.440. The van der Waals surface area contributed by atoms with Crippen LogP contribution in [0.4, 0.5) is 5.69 Å². The predicted octanol–water partition coefficient (Wildman–Crippen LogP) is 3.18. The van der Waals surface area contributed by atoms with Gasteiger partial charge in [0.2, 0.25) is 0 Å². The lowest BCUT2D eigenvalue weighted by Crippen LogP contribution is -2.25. The summed E-state index contributed by atoms with van der Waals surface area (Å²) in [6, 6.07) is 13.4. The molecular formula is C23H15N3O3. The maximum absolute atomic E-state index is 12.9. The Labute approximate surface area is 165 Å². The molecule has 1 aromatic heterocycles. The van der Waals surface area contributed by atoms with E-state index in [1.54, 1.807) is 18.5 Å². The molecule has 3 aliphatic rings. The van der Waals surface area contributed by atoms with Crippen molar-refractivity contribution in [2.75, 3.05) is 11.4 Å². The van der Waals surface area contributed by atoms with Crippen LogP contribution in [0.1, 0.15) is 16.7 Å². The maximum Gasteiger partial charge on any atom is 0.261 e. The Kier molecular flexibility index (Phi) is 3.20. The van der Waals surface area contributed by atoms with Crippen LogP contribution in [-0.2, 0) is 16.0 Å². The van der Waals surface area contributed by atoms with Gasteiger partial charge in [0.1, 0.15) is 5.58 Å². The number of rotatable bonds is 2. The van der Waals surface area contributed by atoms with Crippen molar-refractivity contribution in [2.24, 2.45) is 4.99 Å². The number of anilines is 1. The van der Waals surface area contributed by atoms with Gasteiger partial charge in [0, 0.05) is 35.5 Å². The van der Waals surface area contributed by atoms with Crippen molar-refractivity contribution in [1.82, 2.24) is 5.32 Å². The second-order valence-electron chi connectivity index (χ2n) is 7.21. The zero-order valence-electron chi connectivity index (χ0n) is 15.3. The fourth-order valence-corrected chi connectivity index (χ4v) is 4.41. The number of carbonyl (C=O) groups is 2. The predicted molar refractivity (Wildman–Crippen MR) is 109 cm³/mol. The van der Waals surface area contributed by atoms with Gasteiger partial charge in [0.05, 0.1) is 28.8 Å². The highest BCUT2D eigenvalue weighted by atomic mass is 16.3. The first kappa shape index (κ1) is 16.1. The number of carbonyl (C=O) groups excluding carboxylic acids is 2. The molecule has 29 heavy (non-hydrogen) atoms. The smallest absolute Gasteiger partial charge is 0.261 e. The molecular weight excluding hydrogens is 366 g/mol. The molecule has 3 aliphatic heterocycles. The van der Waals surface area contributed by atoms with Gasteiger partial charge in [-0.3, -0.25) is 19.9 Å². The standard InChI is InChI=1S/C23H15N3O3/c27-22-17(15-5-2-4-14-8-12-29-21(14)15)18(23(28)25-22)19-16-6-1-3-13-7-10-26(20(13)16)11-9-24-19/h1-6,8-9,11-12H,7,10H2,(H,25,27,28). The summed E-state index contributed by atoms with van der Waals surface area (Å²) in [6.07, 6.45) is 6.13. The van der Waals surface area contributed by atoms with Crippen LogP contribution >= 0.6 is 0 Å². The fraction of sp³-hybridized carbons (Fsp3) is 0.0870. The lowest BCUT2D eigenvalue weighted by molar-refractivity contribution is -0.123. The van der Waals surface area contributed by atoms with Gasteiger partial charge in [0.25, 0.3) is 11.8 Å². The number of imide groups is 1. The molecule has 0 atom stereocenters. The zero-order valence-corrected chi connectivity index (χ0v) is 15.3. The minimum Gasteiger partial charge on any atom is -0.464 e. The first-order chi connectivity index (χ1) is 14.2. The third kappa shape index (κ3) is 2.20. The van der Waals surface area contributed by atoms with Gasteiger partial charge in [0.15, 0.2) is 0 Å². The molecule has 0 spiro atoms. The number of aliphatic imine (C=N–C) groups is 1. The first-order valence-electron chi connectivity index (χ1n) is 9.42. The van der Waals surface area contributed by atoms with Crippen molar-refractivity contribution >= 4 is 39.8 Å². The Bertz CT molecular complexity index is 1330. The summed E-state index contributed by atoms with van der Waals surface area (Å²) >= 11 is 0. The van der Waals surface area contributed by atoms with Crippen molar-refractivity contribution < 1.29 is 14.0 Å².